The van der Waals surface area contributed by atoms with Crippen molar-refractivity contribution in [2.45, 2.75) is 13.8 Å². The van der Waals surface area contributed by atoms with Crippen LogP contribution in [0, 0.1) is 13.8 Å². The lowest BCUT2D eigenvalue weighted by Crippen LogP contribution is -1.90. The third-order valence-electron chi connectivity index (χ3n) is 3.26. The Morgan fingerprint density at radius 1 is 1.11 bits per heavy atom. The van der Waals surface area contributed by atoms with E-state index in [2.05, 4.69) is 31.1 Å². The van der Waals surface area contributed by atoms with E-state index in [4.69, 9.17) is 14.7 Å². The summed E-state index contributed by atoms with van der Waals surface area (Å²) in [6.45, 7) is 4.14. The number of benzene rings is 1. The molecule has 96 valence electrons. The average Bonchev–Trinajstić information content (AvgIpc) is 3.01. The Balaban J connectivity index is 2.19. The van der Waals surface area contributed by atoms with Gasteiger partial charge in [0.15, 0.2) is 11.6 Å². The molecule has 0 radical (unpaired) electrons. The molecule has 0 saturated heterocycles. The standard InChI is InChI=1S/C15H14N2O2/c1-9-5-6-11(8-10(9)2)13-14(19-17-15(13)16)12-4-3-7-18-12/h3-8H,1-2H3,(H2,16,17). The Bertz CT molecular complexity index is 712. The molecule has 0 unspecified atom stereocenters. The molecule has 0 spiro atoms. The summed E-state index contributed by atoms with van der Waals surface area (Å²) in [5.74, 6) is 1.55. The minimum Gasteiger partial charge on any atom is -0.461 e. The van der Waals surface area contributed by atoms with E-state index < -0.39 is 0 Å². The molecule has 4 heteroatoms. The van der Waals surface area contributed by atoms with Crippen LogP contribution in [0.3, 0.4) is 0 Å². The fourth-order valence-corrected chi connectivity index (χ4v) is 2.05. The Labute approximate surface area is 110 Å². The van der Waals surface area contributed by atoms with Gasteiger partial charge in [-0.25, -0.2) is 0 Å². The van der Waals surface area contributed by atoms with Crippen LogP contribution >= 0.6 is 0 Å². The van der Waals surface area contributed by atoms with Gasteiger partial charge >= 0.3 is 0 Å². The SMILES string of the molecule is Cc1ccc(-c2c(N)noc2-c2ccco2)cc1C. The predicted octanol–water partition coefficient (Wildman–Crippen LogP) is 3.80. The molecule has 4 nitrogen and oxygen atoms in total. The highest BCUT2D eigenvalue weighted by Crippen LogP contribution is 2.37. The number of hydrogen-bond acceptors (Lipinski definition) is 4. The summed E-state index contributed by atoms with van der Waals surface area (Å²) >= 11 is 0. The van der Waals surface area contributed by atoms with E-state index >= 15 is 0 Å². The molecule has 0 atom stereocenters. The number of aromatic nitrogens is 1. The molecule has 0 saturated carbocycles. The molecular formula is C15H14N2O2. The lowest BCUT2D eigenvalue weighted by atomic mass is 10.00. The van der Waals surface area contributed by atoms with Gasteiger partial charge in [-0.1, -0.05) is 23.4 Å². The molecule has 3 aromatic rings. The summed E-state index contributed by atoms with van der Waals surface area (Å²) in [6.07, 6.45) is 1.60. The first kappa shape index (κ1) is 11.6. The minimum atomic E-state index is 0.370. The molecular weight excluding hydrogens is 240 g/mol. The Morgan fingerprint density at radius 3 is 2.63 bits per heavy atom. The van der Waals surface area contributed by atoms with Gasteiger partial charge in [-0.3, -0.25) is 0 Å². The molecule has 0 fully saturated rings. The number of nitrogens with zero attached hydrogens (tertiary/aromatic N) is 1. The zero-order valence-electron chi connectivity index (χ0n) is 10.8. The van der Waals surface area contributed by atoms with Crippen molar-refractivity contribution >= 4 is 5.82 Å². The van der Waals surface area contributed by atoms with Crippen LogP contribution < -0.4 is 5.73 Å². The fraction of sp³-hybridized carbons (Fsp3) is 0.133. The van der Waals surface area contributed by atoms with Crippen LogP contribution in [0.25, 0.3) is 22.6 Å². The molecule has 0 amide bonds. The van der Waals surface area contributed by atoms with Gasteiger partial charge in [0.2, 0.25) is 5.76 Å². The first-order valence-electron chi connectivity index (χ1n) is 6.03. The lowest BCUT2D eigenvalue weighted by Gasteiger charge is -2.05. The summed E-state index contributed by atoms with van der Waals surface area (Å²) in [6, 6.07) is 9.77. The van der Waals surface area contributed by atoms with Crippen LogP contribution in [0.1, 0.15) is 11.1 Å². The molecule has 0 bridgehead atoms. The average molecular weight is 254 g/mol. The van der Waals surface area contributed by atoms with E-state index in [0.29, 0.717) is 17.3 Å². The van der Waals surface area contributed by atoms with Gasteiger partial charge < -0.3 is 14.7 Å². The van der Waals surface area contributed by atoms with E-state index in [1.165, 1.54) is 11.1 Å². The largest absolute Gasteiger partial charge is 0.461 e. The number of rotatable bonds is 2. The summed E-state index contributed by atoms with van der Waals surface area (Å²) in [4.78, 5) is 0. The molecule has 2 aromatic heterocycles. The molecule has 1 aromatic carbocycles. The highest BCUT2D eigenvalue weighted by Gasteiger charge is 2.19. The van der Waals surface area contributed by atoms with Crippen molar-refractivity contribution in [2.24, 2.45) is 0 Å². The van der Waals surface area contributed by atoms with Gasteiger partial charge in [0.1, 0.15) is 0 Å². The van der Waals surface area contributed by atoms with Crippen LogP contribution in [0.4, 0.5) is 5.82 Å². The molecule has 0 aliphatic heterocycles. The third-order valence-corrected chi connectivity index (χ3v) is 3.26. The summed E-state index contributed by atoms with van der Waals surface area (Å²) in [5.41, 5.74) is 10.1. The van der Waals surface area contributed by atoms with E-state index in [1.807, 2.05) is 12.1 Å². The zero-order valence-corrected chi connectivity index (χ0v) is 10.8. The molecule has 0 aliphatic carbocycles. The smallest absolute Gasteiger partial charge is 0.212 e. The minimum absolute atomic E-state index is 0.370. The van der Waals surface area contributed by atoms with Gasteiger partial charge in [-0.15, -0.1) is 0 Å². The van der Waals surface area contributed by atoms with Crippen LogP contribution in [0.2, 0.25) is 0 Å². The number of aryl methyl sites for hydroxylation is 2. The van der Waals surface area contributed by atoms with Crippen LogP contribution in [0.15, 0.2) is 45.5 Å². The van der Waals surface area contributed by atoms with E-state index in [9.17, 15) is 0 Å². The van der Waals surface area contributed by atoms with Crippen molar-refractivity contribution in [1.29, 1.82) is 0 Å². The van der Waals surface area contributed by atoms with Crippen molar-refractivity contribution in [3.63, 3.8) is 0 Å². The highest BCUT2D eigenvalue weighted by molar-refractivity contribution is 5.85. The van der Waals surface area contributed by atoms with Gasteiger partial charge in [0.25, 0.3) is 0 Å². The van der Waals surface area contributed by atoms with Crippen molar-refractivity contribution < 1.29 is 8.94 Å². The van der Waals surface area contributed by atoms with Gasteiger partial charge in [0, 0.05) is 0 Å². The second kappa shape index (κ2) is 4.31. The first-order valence-corrected chi connectivity index (χ1v) is 6.03. The second-order valence-corrected chi connectivity index (χ2v) is 4.55. The summed E-state index contributed by atoms with van der Waals surface area (Å²) < 4.78 is 10.7. The molecule has 0 aliphatic rings. The number of anilines is 1. The third kappa shape index (κ3) is 1.91. The summed E-state index contributed by atoms with van der Waals surface area (Å²) in [5, 5.41) is 3.84. The van der Waals surface area contributed by atoms with Crippen LogP contribution in [-0.2, 0) is 0 Å². The number of nitrogen functional groups attached to an aromatic ring is 1. The molecule has 2 heterocycles. The number of nitrogens with two attached hydrogens (primary N) is 1. The van der Waals surface area contributed by atoms with Crippen LogP contribution in [-0.4, -0.2) is 5.16 Å². The van der Waals surface area contributed by atoms with E-state index in [0.717, 1.165) is 11.1 Å². The first-order chi connectivity index (χ1) is 9.16. The fourth-order valence-electron chi connectivity index (χ4n) is 2.05. The maximum Gasteiger partial charge on any atom is 0.212 e. The van der Waals surface area contributed by atoms with Crippen LogP contribution in [0.5, 0.6) is 0 Å². The highest BCUT2D eigenvalue weighted by atomic mass is 16.5. The van der Waals surface area contributed by atoms with Gasteiger partial charge in [-0.2, -0.15) is 0 Å². The predicted molar refractivity (Wildman–Crippen MR) is 73.5 cm³/mol. The number of hydrogen-bond donors (Lipinski definition) is 1. The lowest BCUT2D eigenvalue weighted by molar-refractivity contribution is 0.421. The monoisotopic (exact) mass is 254 g/mol. The quantitative estimate of drug-likeness (QED) is 0.755. The topological polar surface area (TPSA) is 65.2 Å². The molecule has 3 rings (SSSR count). The van der Waals surface area contributed by atoms with Gasteiger partial charge in [-0.05, 0) is 42.7 Å². The Hall–Kier alpha value is -2.49. The molecule has 2 N–H and O–H groups in total. The van der Waals surface area contributed by atoms with Crippen molar-refractivity contribution in [1.82, 2.24) is 5.16 Å². The summed E-state index contributed by atoms with van der Waals surface area (Å²) in [7, 11) is 0. The van der Waals surface area contributed by atoms with E-state index in [-0.39, 0.29) is 0 Å². The Kier molecular flexibility index (Phi) is 2.63. The Morgan fingerprint density at radius 2 is 1.95 bits per heavy atom. The maximum atomic E-state index is 5.92. The van der Waals surface area contributed by atoms with Crippen molar-refractivity contribution in [3.05, 3.63) is 47.7 Å². The zero-order chi connectivity index (χ0) is 13.4. The molecule has 19 heavy (non-hydrogen) atoms. The van der Waals surface area contributed by atoms with Crippen molar-refractivity contribution in [2.75, 3.05) is 5.73 Å². The second-order valence-electron chi connectivity index (χ2n) is 4.55. The number of furan rings is 1. The maximum absolute atomic E-state index is 5.92. The van der Waals surface area contributed by atoms with E-state index in [1.54, 1.807) is 12.3 Å². The normalized spacial score (nSPS) is 10.8. The van der Waals surface area contributed by atoms with Gasteiger partial charge in [0.05, 0.1) is 11.8 Å². The van der Waals surface area contributed by atoms with Crippen molar-refractivity contribution in [3.8, 4) is 22.6 Å².